The van der Waals surface area contributed by atoms with Crippen LogP contribution in [0.15, 0.2) is 30.9 Å². The summed E-state index contributed by atoms with van der Waals surface area (Å²) in [6.07, 6.45) is 9.45. The van der Waals surface area contributed by atoms with E-state index in [1.54, 1.807) is 16.9 Å². The quantitative estimate of drug-likeness (QED) is 0.451. The summed E-state index contributed by atoms with van der Waals surface area (Å²) in [7, 11) is 0. The first-order chi connectivity index (χ1) is 16.1. The molecule has 5 rings (SSSR count). The molecular weight excluding hydrogens is 420 g/mol. The standard InChI is InChI=1S/C23H30N8O2/c1-15(16-2-3-16)29-21-19(22(24)32)13-28-31-14-17(10-20(21)31)18-11-26-23(27-12-18)25-4-5-30-6-8-33-9-7-30/h10-16,29H,2-9H2,1H3,(H2,24,32)(H,25,26,27)/t15-/m1/s1. The molecule has 0 bridgehead atoms. The minimum atomic E-state index is -0.492. The van der Waals surface area contributed by atoms with Crippen LogP contribution in [0.2, 0.25) is 0 Å². The highest BCUT2D eigenvalue weighted by atomic mass is 16.5. The van der Waals surface area contributed by atoms with Gasteiger partial charge in [-0.15, -0.1) is 0 Å². The highest BCUT2D eigenvalue weighted by molar-refractivity contribution is 6.02. The van der Waals surface area contributed by atoms with Gasteiger partial charge in [-0.25, -0.2) is 14.5 Å². The molecule has 2 aliphatic rings. The predicted octanol–water partition coefficient (Wildman–Crippen LogP) is 1.84. The van der Waals surface area contributed by atoms with Crippen LogP contribution in [0, 0.1) is 5.92 Å². The van der Waals surface area contributed by atoms with Crippen molar-refractivity contribution >= 4 is 23.1 Å². The summed E-state index contributed by atoms with van der Waals surface area (Å²) >= 11 is 0. The number of nitrogens with zero attached hydrogens (tertiary/aromatic N) is 5. The lowest BCUT2D eigenvalue weighted by Gasteiger charge is -2.26. The molecule has 1 amide bonds. The lowest BCUT2D eigenvalue weighted by Crippen LogP contribution is -2.39. The first-order valence-corrected chi connectivity index (χ1v) is 11.5. The summed E-state index contributed by atoms with van der Waals surface area (Å²) in [5.41, 5.74) is 9.36. The third kappa shape index (κ3) is 4.91. The van der Waals surface area contributed by atoms with Crippen molar-refractivity contribution in [1.82, 2.24) is 24.5 Å². The van der Waals surface area contributed by atoms with Crippen LogP contribution in [0.1, 0.15) is 30.1 Å². The third-order valence-corrected chi connectivity index (χ3v) is 6.40. The van der Waals surface area contributed by atoms with Crippen molar-refractivity contribution in [2.75, 3.05) is 50.0 Å². The molecule has 1 saturated heterocycles. The number of anilines is 2. The minimum Gasteiger partial charge on any atom is -0.380 e. The van der Waals surface area contributed by atoms with Crippen LogP contribution in [0.25, 0.3) is 16.6 Å². The number of nitrogens with two attached hydrogens (primary N) is 1. The number of hydrogen-bond acceptors (Lipinski definition) is 8. The first kappa shape index (κ1) is 21.6. The van der Waals surface area contributed by atoms with Crippen molar-refractivity contribution in [1.29, 1.82) is 0 Å². The van der Waals surface area contributed by atoms with Gasteiger partial charge in [0.25, 0.3) is 5.91 Å². The van der Waals surface area contributed by atoms with E-state index in [9.17, 15) is 4.79 Å². The molecule has 1 saturated carbocycles. The van der Waals surface area contributed by atoms with Crippen LogP contribution in [0.4, 0.5) is 11.6 Å². The monoisotopic (exact) mass is 450 g/mol. The summed E-state index contributed by atoms with van der Waals surface area (Å²) < 4.78 is 7.14. The van der Waals surface area contributed by atoms with Crippen molar-refractivity contribution in [3.05, 3.63) is 36.4 Å². The Hall–Kier alpha value is -3.24. The Labute approximate surface area is 192 Å². The first-order valence-electron chi connectivity index (χ1n) is 11.5. The van der Waals surface area contributed by atoms with Gasteiger partial charge in [0.05, 0.1) is 36.2 Å². The summed E-state index contributed by atoms with van der Waals surface area (Å²) in [6, 6.07) is 2.25. The summed E-state index contributed by atoms with van der Waals surface area (Å²) in [4.78, 5) is 23.3. The van der Waals surface area contributed by atoms with E-state index in [1.165, 1.54) is 19.0 Å². The molecule has 4 N–H and O–H groups in total. The fourth-order valence-corrected chi connectivity index (χ4v) is 4.21. The van der Waals surface area contributed by atoms with Crippen molar-refractivity contribution in [3.8, 4) is 11.1 Å². The lowest BCUT2D eigenvalue weighted by molar-refractivity contribution is 0.0398. The second-order valence-corrected chi connectivity index (χ2v) is 8.80. The SMILES string of the molecule is C[C@@H](Nc1c(C(N)=O)cnn2cc(-c3cnc(NCCN4CCOCC4)nc3)cc12)C1CC1. The van der Waals surface area contributed by atoms with Crippen LogP contribution in [-0.2, 0) is 4.74 Å². The van der Waals surface area contributed by atoms with Gasteiger partial charge in [0.2, 0.25) is 5.95 Å². The van der Waals surface area contributed by atoms with Crippen molar-refractivity contribution < 1.29 is 9.53 Å². The number of nitrogens with one attached hydrogen (secondary N) is 2. The predicted molar refractivity (Wildman–Crippen MR) is 126 cm³/mol. The van der Waals surface area contributed by atoms with Crippen LogP contribution in [-0.4, -0.2) is 75.8 Å². The normalized spacial score (nSPS) is 17.7. The molecule has 0 aromatic carbocycles. The Morgan fingerprint density at radius 1 is 1.21 bits per heavy atom. The number of morpholine rings is 1. The van der Waals surface area contributed by atoms with Gasteiger partial charge in [0, 0.05) is 61.9 Å². The number of aromatic nitrogens is 4. The lowest BCUT2D eigenvalue weighted by atomic mass is 10.1. The molecule has 0 unspecified atom stereocenters. The van der Waals surface area contributed by atoms with Crippen LogP contribution >= 0.6 is 0 Å². The van der Waals surface area contributed by atoms with E-state index in [0.29, 0.717) is 17.4 Å². The van der Waals surface area contributed by atoms with Gasteiger partial charge in [0.1, 0.15) is 0 Å². The van der Waals surface area contributed by atoms with Gasteiger partial charge in [-0.2, -0.15) is 5.10 Å². The Morgan fingerprint density at radius 2 is 1.97 bits per heavy atom. The van der Waals surface area contributed by atoms with Crippen LogP contribution in [0.5, 0.6) is 0 Å². The van der Waals surface area contributed by atoms with Crippen molar-refractivity contribution in [2.24, 2.45) is 11.7 Å². The molecular formula is C23H30N8O2. The molecule has 1 atom stereocenters. The van der Waals surface area contributed by atoms with E-state index < -0.39 is 5.91 Å². The Bertz CT molecular complexity index is 1120. The van der Waals surface area contributed by atoms with Gasteiger partial charge in [-0.3, -0.25) is 9.69 Å². The van der Waals surface area contributed by atoms with Gasteiger partial charge < -0.3 is 21.1 Å². The fraction of sp³-hybridized carbons (Fsp3) is 0.478. The molecule has 1 aliphatic carbocycles. The average molecular weight is 451 g/mol. The highest BCUT2D eigenvalue weighted by Crippen LogP contribution is 2.36. The number of ether oxygens (including phenoxy) is 1. The molecule has 3 aromatic rings. The number of rotatable bonds is 9. The maximum absolute atomic E-state index is 12.0. The molecule has 0 radical (unpaired) electrons. The highest BCUT2D eigenvalue weighted by Gasteiger charge is 2.29. The Kier molecular flexibility index (Phi) is 6.10. The maximum atomic E-state index is 12.0. The molecule has 33 heavy (non-hydrogen) atoms. The second-order valence-electron chi connectivity index (χ2n) is 8.80. The molecule has 174 valence electrons. The number of amides is 1. The largest absolute Gasteiger partial charge is 0.380 e. The van der Waals surface area contributed by atoms with Gasteiger partial charge >= 0.3 is 0 Å². The van der Waals surface area contributed by atoms with Gasteiger partial charge in [0.15, 0.2) is 0 Å². The molecule has 3 aromatic heterocycles. The fourth-order valence-electron chi connectivity index (χ4n) is 4.21. The minimum absolute atomic E-state index is 0.263. The Morgan fingerprint density at radius 3 is 2.67 bits per heavy atom. The van der Waals surface area contributed by atoms with E-state index in [4.69, 9.17) is 10.5 Å². The molecule has 4 heterocycles. The molecule has 1 aliphatic heterocycles. The third-order valence-electron chi connectivity index (χ3n) is 6.40. The molecule has 0 spiro atoms. The van der Waals surface area contributed by atoms with Crippen molar-refractivity contribution in [2.45, 2.75) is 25.8 Å². The van der Waals surface area contributed by atoms with E-state index in [-0.39, 0.29) is 6.04 Å². The smallest absolute Gasteiger partial charge is 0.252 e. The summed E-state index contributed by atoms with van der Waals surface area (Å²) in [6.45, 7) is 7.37. The molecule has 10 heteroatoms. The van der Waals surface area contributed by atoms with Gasteiger partial charge in [-0.05, 0) is 31.7 Å². The van der Waals surface area contributed by atoms with E-state index >= 15 is 0 Å². The number of carbonyl (C=O) groups excluding carboxylic acids is 1. The van der Waals surface area contributed by atoms with Crippen LogP contribution < -0.4 is 16.4 Å². The van der Waals surface area contributed by atoms with Crippen molar-refractivity contribution in [3.63, 3.8) is 0 Å². The van der Waals surface area contributed by atoms with E-state index in [1.807, 2.05) is 12.3 Å². The zero-order valence-electron chi connectivity index (χ0n) is 18.8. The zero-order valence-corrected chi connectivity index (χ0v) is 18.8. The second kappa shape index (κ2) is 9.32. The average Bonchev–Trinajstić information content (AvgIpc) is 3.59. The topological polar surface area (TPSA) is 123 Å². The molecule has 2 fully saturated rings. The van der Waals surface area contributed by atoms with E-state index in [0.717, 1.165) is 61.7 Å². The van der Waals surface area contributed by atoms with Gasteiger partial charge in [-0.1, -0.05) is 0 Å². The summed E-state index contributed by atoms with van der Waals surface area (Å²) in [5.74, 6) is 0.740. The number of carbonyl (C=O) groups is 1. The zero-order chi connectivity index (χ0) is 22.8. The summed E-state index contributed by atoms with van der Waals surface area (Å²) in [5, 5.41) is 11.2. The molecule has 10 nitrogen and oxygen atoms in total. The number of primary amides is 1. The number of fused-ring (bicyclic) bond motifs is 1. The van der Waals surface area contributed by atoms with E-state index in [2.05, 4.69) is 37.5 Å². The Balaban J connectivity index is 1.32. The van der Waals surface area contributed by atoms with Crippen LogP contribution in [0.3, 0.4) is 0 Å². The maximum Gasteiger partial charge on any atom is 0.252 e. The number of hydrogen-bond donors (Lipinski definition) is 3.